The number of hydrogen-bond donors (Lipinski definition) is 1. The minimum Gasteiger partial charge on any atom is -0.316 e. The van der Waals surface area contributed by atoms with Gasteiger partial charge in [-0.25, -0.2) is 9.97 Å². The van der Waals surface area contributed by atoms with E-state index in [1.807, 2.05) is 11.7 Å². The maximum Gasteiger partial charge on any atom is 0.183 e. The van der Waals surface area contributed by atoms with Crippen molar-refractivity contribution in [3.8, 4) is 0 Å². The summed E-state index contributed by atoms with van der Waals surface area (Å²) in [6.45, 7) is 7.34. The van der Waals surface area contributed by atoms with E-state index in [4.69, 9.17) is 11.6 Å². The van der Waals surface area contributed by atoms with E-state index in [0.717, 1.165) is 44.3 Å². The molecule has 7 heteroatoms. The molecule has 21 heavy (non-hydrogen) atoms. The molecule has 1 saturated heterocycles. The first-order chi connectivity index (χ1) is 10.2. The van der Waals surface area contributed by atoms with Crippen molar-refractivity contribution in [2.24, 2.45) is 5.92 Å². The summed E-state index contributed by atoms with van der Waals surface area (Å²) < 4.78 is 0.626. The zero-order valence-corrected chi connectivity index (χ0v) is 14.4. The van der Waals surface area contributed by atoms with E-state index in [-0.39, 0.29) is 0 Å². The molecule has 0 aromatic carbocycles. The molecule has 1 aliphatic heterocycles. The molecule has 0 spiro atoms. The van der Waals surface area contributed by atoms with Crippen molar-refractivity contribution in [3.63, 3.8) is 0 Å². The third-order valence-corrected chi connectivity index (χ3v) is 5.82. The lowest BCUT2D eigenvalue weighted by molar-refractivity contribution is 0.224. The first-order valence-corrected chi connectivity index (χ1v) is 9.20. The van der Waals surface area contributed by atoms with Crippen LogP contribution in [0.4, 0.5) is 0 Å². The molecule has 0 radical (unpaired) electrons. The normalized spacial score (nSPS) is 18.7. The maximum atomic E-state index is 5.95. The highest BCUT2D eigenvalue weighted by atomic mass is 35.5. The molecule has 0 bridgehead atoms. The van der Waals surface area contributed by atoms with Gasteiger partial charge in [-0.1, -0.05) is 11.6 Å². The van der Waals surface area contributed by atoms with Gasteiger partial charge in [-0.2, -0.15) is 0 Å². The van der Waals surface area contributed by atoms with Gasteiger partial charge in [-0.3, -0.25) is 4.90 Å². The molecule has 0 amide bonds. The van der Waals surface area contributed by atoms with Gasteiger partial charge in [0.15, 0.2) is 4.47 Å². The molecule has 0 unspecified atom stereocenters. The summed E-state index contributed by atoms with van der Waals surface area (Å²) in [5.41, 5.74) is 3.08. The molecule has 3 heterocycles. The zero-order valence-electron chi connectivity index (χ0n) is 12.0. The molecule has 1 fully saturated rings. The summed E-state index contributed by atoms with van der Waals surface area (Å²) in [4.78, 5) is 13.6. The van der Waals surface area contributed by atoms with Crippen molar-refractivity contribution in [1.82, 2.24) is 20.2 Å². The first-order valence-electron chi connectivity index (χ1n) is 7.13. The molecule has 3 rings (SSSR count). The first kappa shape index (κ1) is 15.4. The van der Waals surface area contributed by atoms with Crippen LogP contribution in [0.5, 0.6) is 0 Å². The van der Waals surface area contributed by atoms with Crippen molar-refractivity contribution in [2.45, 2.75) is 26.4 Å². The molecular weight excluding hydrogens is 324 g/mol. The molecule has 4 nitrogen and oxygen atoms in total. The number of rotatable bonds is 6. The van der Waals surface area contributed by atoms with E-state index in [1.54, 1.807) is 22.7 Å². The second-order valence-corrected chi connectivity index (χ2v) is 8.11. The summed E-state index contributed by atoms with van der Waals surface area (Å²) in [6, 6.07) is 0. The number of nitrogens with zero attached hydrogens (tertiary/aromatic N) is 3. The SMILES string of the molecule is Cc1ncsc1CN(Cc1cnc(Cl)s1)C[C@@H]1CCNC1. The van der Waals surface area contributed by atoms with E-state index >= 15 is 0 Å². The summed E-state index contributed by atoms with van der Waals surface area (Å²) >= 11 is 9.27. The summed E-state index contributed by atoms with van der Waals surface area (Å²) in [7, 11) is 0. The fourth-order valence-corrected chi connectivity index (χ4v) is 4.52. The van der Waals surface area contributed by atoms with Crippen LogP contribution in [-0.4, -0.2) is 34.5 Å². The van der Waals surface area contributed by atoms with Crippen LogP contribution in [0.25, 0.3) is 0 Å². The Morgan fingerprint density at radius 1 is 1.43 bits per heavy atom. The number of hydrogen-bond acceptors (Lipinski definition) is 6. The van der Waals surface area contributed by atoms with Gasteiger partial charge in [-0.15, -0.1) is 22.7 Å². The van der Waals surface area contributed by atoms with Crippen LogP contribution in [0.3, 0.4) is 0 Å². The highest BCUT2D eigenvalue weighted by molar-refractivity contribution is 7.15. The second-order valence-electron chi connectivity index (χ2n) is 5.47. The Morgan fingerprint density at radius 2 is 2.33 bits per heavy atom. The largest absolute Gasteiger partial charge is 0.316 e. The fraction of sp³-hybridized carbons (Fsp3) is 0.571. The Hall–Kier alpha value is -0.530. The van der Waals surface area contributed by atoms with Crippen molar-refractivity contribution in [1.29, 1.82) is 0 Å². The van der Waals surface area contributed by atoms with Gasteiger partial charge < -0.3 is 5.32 Å². The molecule has 1 aliphatic rings. The Labute approximate surface area is 138 Å². The Bertz CT molecular complexity index is 577. The number of aromatic nitrogens is 2. The standard InChI is InChI=1S/C14H19ClN4S2/c1-10-13(20-9-18-10)8-19(6-11-2-3-16-4-11)7-12-5-17-14(15)21-12/h5,9,11,16H,2-4,6-8H2,1H3/t11-/m1/s1. The van der Waals surface area contributed by atoms with Gasteiger partial charge in [0.25, 0.3) is 0 Å². The minimum absolute atomic E-state index is 0.626. The highest BCUT2D eigenvalue weighted by Crippen LogP contribution is 2.23. The lowest BCUT2D eigenvalue weighted by Gasteiger charge is -2.24. The van der Waals surface area contributed by atoms with Gasteiger partial charge in [-0.05, 0) is 32.4 Å². The van der Waals surface area contributed by atoms with Gasteiger partial charge in [0.2, 0.25) is 0 Å². The number of nitrogens with one attached hydrogen (secondary N) is 1. The molecule has 1 N–H and O–H groups in total. The molecule has 0 aliphatic carbocycles. The molecule has 114 valence electrons. The molecular formula is C14H19ClN4S2. The van der Waals surface area contributed by atoms with E-state index in [9.17, 15) is 0 Å². The fourth-order valence-electron chi connectivity index (χ4n) is 2.68. The minimum atomic E-state index is 0.626. The lowest BCUT2D eigenvalue weighted by atomic mass is 10.1. The van der Waals surface area contributed by atoms with Crippen LogP contribution < -0.4 is 5.32 Å². The zero-order chi connectivity index (χ0) is 14.7. The monoisotopic (exact) mass is 342 g/mol. The van der Waals surface area contributed by atoms with Crippen LogP contribution >= 0.6 is 34.3 Å². The molecule has 2 aromatic rings. The average molecular weight is 343 g/mol. The third-order valence-electron chi connectivity index (χ3n) is 3.80. The number of aryl methyl sites for hydroxylation is 1. The summed E-state index contributed by atoms with van der Waals surface area (Å²) in [5.74, 6) is 0.738. The number of halogens is 1. The van der Waals surface area contributed by atoms with Crippen molar-refractivity contribution in [2.75, 3.05) is 19.6 Å². The van der Waals surface area contributed by atoms with Crippen LogP contribution in [-0.2, 0) is 13.1 Å². The maximum absolute atomic E-state index is 5.95. The molecule has 1 atom stereocenters. The molecule has 2 aromatic heterocycles. The Balaban J connectivity index is 1.68. The average Bonchev–Trinajstić information content (AvgIpc) is 3.16. The van der Waals surface area contributed by atoms with E-state index in [1.165, 1.54) is 16.2 Å². The van der Waals surface area contributed by atoms with Gasteiger partial charge in [0.05, 0.1) is 11.2 Å². The summed E-state index contributed by atoms with van der Waals surface area (Å²) in [5, 5.41) is 3.45. The Kier molecular flexibility index (Phi) is 5.24. The van der Waals surface area contributed by atoms with E-state index in [2.05, 4.69) is 27.1 Å². The predicted octanol–water partition coefficient (Wildman–Crippen LogP) is 3.17. The lowest BCUT2D eigenvalue weighted by Crippen LogP contribution is -2.29. The topological polar surface area (TPSA) is 41.1 Å². The van der Waals surface area contributed by atoms with Crippen LogP contribution in [0, 0.1) is 12.8 Å². The predicted molar refractivity (Wildman–Crippen MR) is 89.1 cm³/mol. The van der Waals surface area contributed by atoms with E-state index < -0.39 is 0 Å². The third kappa shape index (κ3) is 4.23. The highest BCUT2D eigenvalue weighted by Gasteiger charge is 2.20. The van der Waals surface area contributed by atoms with E-state index in [0.29, 0.717) is 4.47 Å². The number of thiazole rings is 2. The van der Waals surface area contributed by atoms with Crippen molar-refractivity contribution < 1.29 is 0 Å². The molecule has 0 saturated carbocycles. The van der Waals surface area contributed by atoms with Crippen LogP contribution in [0.1, 0.15) is 21.9 Å². The Morgan fingerprint density at radius 3 is 2.95 bits per heavy atom. The van der Waals surface area contributed by atoms with Crippen LogP contribution in [0.15, 0.2) is 11.7 Å². The van der Waals surface area contributed by atoms with Gasteiger partial charge in [0, 0.05) is 35.6 Å². The van der Waals surface area contributed by atoms with Gasteiger partial charge >= 0.3 is 0 Å². The smallest absolute Gasteiger partial charge is 0.183 e. The van der Waals surface area contributed by atoms with Crippen molar-refractivity contribution in [3.05, 3.63) is 31.6 Å². The quantitative estimate of drug-likeness (QED) is 0.875. The summed E-state index contributed by atoms with van der Waals surface area (Å²) in [6.07, 6.45) is 3.16. The van der Waals surface area contributed by atoms with Crippen LogP contribution in [0.2, 0.25) is 4.47 Å². The van der Waals surface area contributed by atoms with Gasteiger partial charge in [0.1, 0.15) is 0 Å². The van der Waals surface area contributed by atoms with Crippen molar-refractivity contribution >= 4 is 34.3 Å². The second kappa shape index (κ2) is 7.15.